The maximum atomic E-state index is 6.39. The molecule has 3 heteroatoms. The van der Waals surface area contributed by atoms with Crippen LogP contribution in [0.25, 0.3) is 0 Å². The summed E-state index contributed by atoms with van der Waals surface area (Å²) in [4.78, 5) is 0. The average Bonchev–Trinajstić information content (AvgIpc) is 3.08. The zero-order chi connectivity index (χ0) is 14.3. The lowest BCUT2D eigenvalue weighted by molar-refractivity contribution is 0.159. The third-order valence-corrected chi connectivity index (χ3v) is 8.98. The second-order valence-electron chi connectivity index (χ2n) is 7.02. The van der Waals surface area contributed by atoms with E-state index in [4.69, 9.17) is 9.16 Å². The zero-order valence-corrected chi connectivity index (χ0v) is 13.9. The molecular formula is C16H26O2Si. The number of hydrogen-bond acceptors (Lipinski definition) is 2. The van der Waals surface area contributed by atoms with Gasteiger partial charge in [0.05, 0.1) is 6.10 Å². The monoisotopic (exact) mass is 278 g/mol. The highest BCUT2D eigenvalue weighted by atomic mass is 28.4. The fraction of sp³-hybridized carbons (Fsp3) is 0.625. The molecule has 0 N–H and O–H groups in total. The van der Waals surface area contributed by atoms with Crippen molar-refractivity contribution in [2.24, 2.45) is 0 Å². The van der Waals surface area contributed by atoms with Gasteiger partial charge in [0.15, 0.2) is 8.32 Å². The Kier molecular flexibility index (Phi) is 3.91. The molecule has 19 heavy (non-hydrogen) atoms. The molecule has 1 aliphatic rings. The molecule has 0 bridgehead atoms. The van der Waals surface area contributed by atoms with Crippen LogP contribution in [-0.4, -0.2) is 20.5 Å². The Morgan fingerprint density at radius 2 is 1.74 bits per heavy atom. The summed E-state index contributed by atoms with van der Waals surface area (Å²) >= 11 is 0. The van der Waals surface area contributed by atoms with Crippen LogP contribution in [-0.2, 0) is 9.16 Å². The van der Waals surface area contributed by atoms with Gasteiger partial charge in [-0.1, -0.05) is 51.1 Å². The molecule has 0 aromatic heterocycles. The van der Waals surface area contributed by atoms with Crippen molar-refractivity contribution in [3.8, 4) is 0 Å². The molecule has 106 valence electrons. The van der Waals surface area contributed by atoms with Crippen molar-refractivity contribution < 1.29 is 9.16 Å². The maximum absolute atomic E-state index is 6.39. The molecule has 0 saturated carbocycles. The lowest BCUT2D eigenvalue weighted by Gasteiger charge is -2.38. The predicted octanol–water partition coefficient (Wildman–Crippen LogP) is 4.54. The fourth-order valence-corrected chi connectivity index (χ4v) is 3.52. The molecule has 0 aliphatic carbocycles. The van der Waals surface area contributed by atoms with Gasteiger partial charge in [-0.15, -0.1) is 0 Å². The molecule has 0 amide bonds. The van der Waals surface area contributed by atoms with E-state index in [1.165, 1.54) is 5.56 Å². The van der Waals surface area contributed by atoms with Gasteiger partial charge in [0.25, 0.3) is 0 Å². The summed E-state index contributed by atoms with van der Waals surface area (Å²) in [7, 11) is -1.70. The van der Waals surface area contributed by atoms with Crippen LogP contribution >= 0.6 is 0 Å². The second kappa shape index (κ2) is 5.04. The normalized spacial score (nSPS) is 25.2. The van der Waals surface area contributed by atoms with E-state index in [2.05, 4.69) is 65.1 Å². The van der Waals surface area contributed by atoms with Crippen LogP contribution in [0, 0.1) is 0 Å². The lowest BCUT2D eigenvalue weighted by atomic mass is 10.1. The van der Waals surface area contributed by atoms with Crippen molar-refractivity contribution in [3.63, 3.8) is 0 Å². The third kappa shape index (κ3) is 3.27. The van der Waals surface area contributed by atoms with E-state index < -0.39 is 8.32 Å². The highest BCUT2D eigenvalue weighted by Gasteiger charge is 2.48. The molecule has 1 aromatic rings. The molecule has 3 atom stereocenters. The van der Waals surface area contributed by atoms with Crippen LogP contribution in [0.1, 0.15) is 39.4 Å². The Hall–Kier alpha value is -0.643. The van der Waals surface area contributed by atoms with E-state index in [1.54, 1.807) is 0 Å². The summed E-state index contributed by atoms with van der Waals surface area (Å²) in [5.74, 6) is 0. The smallest absolute Gasteiger partial charge is 0.192 e. The average molecular weight is 278 g/mol. The predicted molar refractivity (Wildman–Crippen MR) is 81.8 cm³/mol. The molecule has 0 unspecified atom stereocenters. The first-order valence-corrected chi connectivity index (χ1v) is 10.0. The maximum Gasteiger partial charge on any atom is 0.192 e. The van der Waals surface area contributed by atoms with E-state index in [0.29, 0.717) is 0 Å². The molecule has 1 saturated heterocycles. The van der Waals surface area contributed by atoms with E-state index in [0.717, 1.165) is 0 Å². The summed E-state index contributed by atoms with van der Waals surface area (Å²) in [5.41, 5.74) is 1.26. The van der Waals surface area contributed by atoms with Crippen molar-refractivity contribution in [2.75, 3.05) is 0 Å². The van der Waals surface area contributed by atoms with Gasteiger partial charge in [-0.3, -0.25) is 0 Å². The van der Waals surface area contributed by atoms with Gasteiger partial charge in [-0.25, -0.2) is 0 Å². The van der Waals surface area contributed by atoms with Crippen LogP contribution in [0.4, 0.5) is 0 Å². The number of rotatable bonds is 4. The Morgan fingerprint density at radius 1 is 1.16 bits per heavy atom. The first kappa shape index (κ1) is 14.8. The molecule has 2 nitrogen and oxygen atoms in total. The van der Waals surface area contributed by atoms with E-state index in [1.807, 2.05) is 6.07 Å². The summed E-state index contributed by atoms with van der Waals surface area (Å²) < 4.78 is 12.2. The van der Waals surface area contributed by atoms with Crippen LogP contribution in [0.15, 0.2) is 30.3 Å². The van der Waals surface area contributed by atoms with Gasteiger partial charge in [0.2, 0.25) is 0 Å². The Morgan fingerprint density at radius 3 is 2.26 bits per heavy atom. The van der Waals surface area contributed by atoms with Gasteiger partial charge < -0.3 is 9.16 Å². The topological polar surface area (TPSA) is 21.8 Å². The third-order valence-electron chi connectivity index (χ3n) is 4.40. The molecular weight excluding hydrogens is 252 g/mol. The molecule has 0 spiro atoms. The summed E-state index contributed by atoms with van der Waals surface area (Å²) in [6.45, 7) is 13.6. The minimum atomic E-state index is -1.70. The molecule has 1 heterocycles. The van der Waals surface area contributed by atoms with Crippen molar-refractivity contribution in [1.82, 2.24) is 0 Å². The van der Waals surface area contributed by atoms with Crippen LogP contribution in [0.5, 0.6) is 0 Å². The van der Waals surface area contributed by atoms with E-state index in [9.17, 15) is 0 Å². The van der Waals surface area contributed by atoms with Crippen LogP contribution in [0.2, 0.25) is 18.1 Å². The Labute approximate surface area is 118 Å². The summed E-state index contributed by atoms with van der Waals surface area (Å²) in [6, 6.07) is 10.4. The van der Waals surface area contributed by atoms with Crippen molar-refractivity contribution >= 4 is 8.32 Å². The SMILES string of the molecule is C[C@H](O[Si](C)(C)C(C)(C)C)[C@H]1O[C@@H]1c1ccccc1. The molecule has 0 radical (unpaired) electrons. The summed E-state index contributed by atoms with van der Waals surface area (Å²) in [6.07, 6.45) is 0.614. The lowest BCUT2D eigenvalue weighted by Crippen LogP contribution is -2.44. The van der Waals surface area contributed by atoms with Crippen LogP contribution in [0.3, 0.4) is 0 Å². The first-order chi connectivity index (χ1) is 8.72. The number of hydrogen-bond donors (Lipinski definition) is 0. The van der Waals surface area contributed by atoms with Gasteiger partial charge in [-0.2, -0.15) is 0 Å². The van der Waals surface area contributed by atoms with Gasteiger partial charge in [0.1, 0.15) is 12.2 Å². The molecule has 2 rings (SSSR count). The molecule has 1 fully saturated rings. The Balaban J connectivity index is 1.95. The zero-order valence-electron chi connectivity index (χ0n) is 12.9. The minimum Gasteiger partial charge on any atom is -0.411 e. The molecule has 1 aliphatic heterocycles. The van der Waals surface area contributed by atoms with Crippen molar-refractivity contribution in [2.45, 2.75) is 64.1 Å². The minimum absolute atomic E-state index is 0.172. The standard InChI is InChI=1S/C16H26O2Si/c1-12(18-19(5,6)16(2,3)4)14-15(17-14)13-10-8-7-9-11-13/h7-12,14-15H,1-6H3/t12-,14+,15+/m0/s1. The first-order valence-electron chi connectivity index (χ1n) is 7.10. The Bertz CT molecular complexity index is 422. The summed E-state index contributed by atoms with van der Waals surface area (Å²) in [5, 5.41) is 0.248. The number of benzene rings is 1. The van der Waals surface area contributed by atoms with E-state index >= 15 is 0 Å². The van der Waals surface area contributed by atoms with Crippen LogP contribution < -0.4 is 0 Å². The highest BCUT2D eigenvalue weighted by Crippen LogP contribution is 2.44. The van der Waals surface area contributed by atoms with E-state index in [-0.39, 0.29) is 23.4 Å². The quantitative estimate of drug-likeness (QED) is 0.596. The second-order valence-corrected chi connectivity index (χ2v) is 11.8. The largest absolute Gasteiger partial charge is 0.411 e. The molecule has 1 aromatic carbocycles. The van der Waals surface area contributed by atoms with Crippen molar-refractivity contribution in [1.29, 1.82) is 0 Å². The fourth-order valence-electron chi connectivity index (χ4n) is 2.10. The van der Waals surface area contributed by atoms with Gasteiger partial charge in [0, 0.05) is 0 Å². The highest BCUT2D eigenvalue weighted by molar-refractivity contribution is 6.74. The van der Waals surface area contributed by atoms with Crippen molar-refractivity contribution in [3.05, 3.63) is 35.9 Å². The van der Waals surface area contributed by atoms with Gasteiger partial charge in [-0.05, 0) is 30.6 Å². The number of ether oxygens (including phenoxy) is 1. The van der Waals surface area contributed by atoms with Gasteiger partial charge >= 0.3 is 0 Å². The number of epoxide rings is 1.